The van der Waals surface area contributed by atoms with Crippen LogP contribution in [0.25, 0.3) is 0 Å². The van der Waals surface area contributed by atoms with Gasteiger partial charge in [0.2, 0.25) is 0 Å². The molecule has 0 aromatic heterocycles. The maximum atomic E-state index is 2.44. The molecule has 0 spiro atoms. The summed E-state index contributed by atoms with van der Waals surface area (Å²) in [6.45, 7) is 4.88. The zero-order chi connectivity index (χ0) is 9.81. The van der Waals surface area contributed by atoms with Gasteiger partial charge in [-0.3, -0.25) is 0 Å². The summed E-state index contributed by atoms with van der Waals surface area (Å²) in [5.41, 5.74) is 1.61. The Morgan fingerprint density at radius 3 is 1.64 bits per heavy atom. The fourth-order valence-corrected chi connectivity index (χ4v) is 5.48. The maximum absolute atomic E-state index is 2.44. The van der Waals surface area contributed by atoms with E-state index in [4.69, 9.17) is 0 Å². The van der Waals surface area contributed by atoms with Crippen molar-refractivity contribution in [2.75, 3.05) is 0 Å². The van der Waals surface area contributed by atoms with Crippen LogP contribution in [-0.4, -0.2) is 0 Å². The lowest BCUT2D eigenvalue weighted by atomic mass is 9.43. The van der Waals surface area contributed by atoms with Gasteiger partial charge in [-0.2, -0.15) is 0 Å². The largest absolute Gasteiger partial charge is 0.0649 e. The van der Waals surface area contributed by atoms with Crippen molar-refractivity contribution in [2.24, 2.45) is 22.7 Å². The van der Waals surface area contributed by atoms with E-state index in [1.807, 2.05) is 0 Å². The highest BCUT2D eigenvalue weighted by Crippen LogP contribution is 2.67. The molecule has 4 saturated carbocycles. The Kier molecular flexibility index (Phi) is 1.83. The fraction of sp³-hybridized carbons (Fsp3) is 1.00. The van der Waals surface area contributed by atoms with Crippen LogP contribution in [0.2, 0.25) is 0 Å². The first kappa shape index (κ1) is 9.24. The van der Waals surface area contributed by atoms with Crippen LogP contribution < -0.4 is 0 Å². The van der Waals surface area contributed by atoms with Crippen molar-refractivity contribution in [1.29, 1.82) is 0 Å². The first-order valence-electron chi connectivity index (χ1n) is 6.69. The molecule has 0 heterocycles. The van der Waals surface area contributed by atoms with Gasteiger partial charge in [-0.25, -0.2) is 0 Å². The van der Waals surface area contributed by atoms with E-state index in [1.165, 1.54) is 12.8 Å². The van der Waals surface area contributed by atoms with Gasteiger partial charge in [-0.1, -0.05) is 26.7 Å². The van der Waals surface area contributed by atoms with E-state index in [0.717, 1.165) is 22.7 Å². The van der Waals surface area contributed by atoms with Crippen molar-refractivity contribution >= 4 is 0 Å². The zero-order valence-electron chi connectivity index (χ0n) is 9.81. The van der Waals surface area contributed by atoms with Gasteiger partial charge in [0, 0.05) is 0 Å². The van der Waals surface area contributed by atoms with E-state index in [9.17, 15) is 0 Å². The Morgan fingerprint density at radius 1 is 0.857 bits per heavy atom. The molecule has 0 N–H and O–H groups in total. The first-order valence-corrected chi connectivity index (χ1v) is 6.69. The molecule has 0 aromatic carbocycles. The van der Waals surface area contributed by atoms with Crippen molar-refractivity contribution in [3.63, 3.8) is 0 Å². The summed E-state index contributed by atoms with van der Waals surface area (Å²) >= 11 is 0. The summed E-state index contributed by atoms with van der Waals surface area (Å²) in [7, 11) is 0. The van der Waals surface area contributed by atoms with Crippen molar-refractivity contribution in [2.45, 2.75) is 65.2 Å². The Balaban J connectivity index is 1.94. The second kappa shape index (κ2) is 2.77. The summed E-state index contributed by atoms with van der Waals surface area (Å²) < 4.78 is 0. The summed E-state index contributed by atoms with van der Waals surface area (Å²) in [4.78, 5) is 0. The predicted octanol–water partition coefficient (Wildman–Crippen LogP) is 4.39. The van der Waals surface area contributed by atoms with Gasteiger partial charge in [-0.15, -0.1) is 0 Å². The normalized spacial score (nSPS) is 55.3. The van der Waals surface area contributed by atoms with Gasteiger partial charge in [0.15, 0.2) is 0 Å². The second-order valence-electron chi connectivity index (χ2n) is 6.67. The molecule has 0 amide bonds. The average Bonchev–Trinajstić information content (AvgIpc) is 2.16. The van der Waals surface area contributed by atoms with E-state index in [2.05, 4.69) is 13.8 Å². The molecular weight excluding hydrogens is 168 g/mol. The number of rotatable bonds is 2. The summed E-state index contributed by atoms with van der Waals surface area (Å²) in [6.07, 6.45) is 12.4. The minimum absolute atomic E-state index is 0.806. The van der Waals surface area contributed by atoms with Gasteiger partial charge >= 0.3 is 0 Å². The van der Waals surface area contributed by atoms with E-state index in [1.54, 1.807) is 38.5 Å². The predicted molar refractivity (Wildman–Crippen MR) is 60.1 cm³/mol. The molecule has 14 heavy (non-hydrogen) atoms. The molecule has 4 aliphatic rings. The Labute approximate surface area is 88.5 Å². The number of hydrogen-bond acceptors (Lipinski definition) is 0. The van der Waals surface area contributed by atoms with Crippen molar-refractivity contribution < 1.29 is 0 Å². The van der Waals surface area contributed by atoms with Gasteiger partial charge in [0.1, 0.15) is 0 Å². The average molecular weight is 192 g/mol. The monoisotopic (exact) mass is 192 g/mol. The van der Waals surface area contributed by atoms with Gasteiger partial charge in [0.25, 0.3) is 0 Å². The second-order valence-corrected chi connectivity index (χ2v) is 6.67. The van der Waals surface area contributed by atoms with Crippen LogP contribution >= 0.6 is 0 Å². The lowest BCUT2D eigenvalue weighted by molar-refractivity contribution is -0.113. The minimum Gasteiger partial charge on any atom is -0.0649 e. The molecular formula is C14H24. The highest BCUT2D eigenvalue weighted by atomic mass is 14.6. The quantitative estimate of drug-likeness (QED) is 0.608. The van der Waals surface area contributed by atoms with Crippen LogP contribution in [0.3, 0.4) is 0 Å². The molecule has 4 aliphatic carbocycles. The summed E-state index contributed by atoms with van der Waals surface area (Å²) in [5.74, 6) is 2.24. The fourth-order valence-electron chi connectivity index (χ4n) is 5.48. The van der Waals surface area contributed by atoms with Gasteiger partial charge in [0.05, 0.1) is 0 Å². The van der Waals surface area contributed by atoms with Crippen LogP contribution in [0.15, 0.2) is 0 Å². The molecule has 0 heteroatoms. The highest BCUT2D eigenvalue weighted by molar-refractivity contribution is 5.06. The van der Waals surface area contributed by atoms with Crippen molar-refractivity contribution in [3.05, 3.63) is 0 Å². The molecule has 80 valence electrons. The SMILES string of the molecule is CCC12CC3CC(C1)CC(CC)(C3)C2. The molecule has 0 radical (unpaired) electrons. The molecule has 0 unspecified atom stereocenters. The van der Waals surface area contributed by atoms with E-state index in [0.29, 0.717) is 0 Å². The van der Waals surface area contributed by atoms with Gasteiger partial charge < -0.3 is 0 Å². The van der Waals surface area contributed by atoms with E-state index >= 15 is 0 Å². The van der Waals surface area contributed by atoms with Crippen molar-refractivity contribution in [3.8, 4) is 0 Å². The standard InChI is InChI=1S/C14H24/c1-3-13-6-11-5-12(7-13)9-14(4-2,8-11)10-13/h11-12H,3-10H2,1-2H3. The summed E-state index contributed by atoms with van der Waals surface area (Å²) in [6, 6.07) is 0. The van der Waals surface area contributed by atoms with Crippen LogP contribution in [0.5, 0.6) is 0 Å². The molecule has 0 atom stereocenters. The smallest absolute Gasteiger partial charge is 0.0290 e. The molecule has 4 bridgehead atoms. The molecule has 4 rings (SSSR count). The Morgan fingerprint density at radius 2 is 1.29 bits per heavy atom. The van der Waals surface area contributed by atoms with Crippen LogP contribution in [0, 0.1) is 22.7 Å². The van der Waals surface area contributed by atoms with Crippen LogP contribution in [-0.2, 0) is 0 Å². The molecule has 0 aromatic rings. The third kappa shape index (κ3) is 1.12. The third-order valence-corrected chi connectivity index (χ3v) is 5.80. The van der Waals surface area contributed by atoms with Gasteiger partial charge in [-0.05, 0) is 61.2 Å². The Bertz CT molecular complexity index is 204. The van der Waals surface area contributed by atoms with Crippen molar-refractivity contribution in [1.82, 2.24) is 0 Å². The minimum atomic E-state index is 0.806. The first-order chi connectivity index (χ1) is 6.69. The lowest BCUT2D eigenvalue weighted by Crippen LogP contribution is -2.51. The third-order valence-electron chi connectivity index (χ3n) is 5.80. The van der Waals surface area contributed by atoms with E-state index < -0.39 is 0 Å². The van der Waals surface area contributed by atoms with E-state index in [-0.39, 0.29) is 0 Å². The number of hydrogen-bond donors (Lipinski definition) is 0. The molecule has 0 saturated heterocycles. The lowest BCUT2D eigenvalue weighted by Gasteiger charge is -2.62. The van der Waals surface area contributed by atoms with Crippen LogP contribution in [0.4, 0.5) is 0 Å². The highest BCUT2D eigenvalue weighted by Gasteiger charge is 2.55. The van der Waals surface area contributed by atoms with Crippen LogP contribution in [0.1, 0.15) is 65.2 Å². The molecule has 0 nitrogen and oxygen atoms in total. The maximum Gasteiger partial charge on any atom is -0.0290 e. The topological polar surface area (TPSA) is 0 Å². The molecule has 4 fully saturated rings. The molecule has 0 aliphatic heterocycles. The summed E-state index contributed by atoms with van der Waals surface area (Å²) in [5, 5.41) is 0. The Hall–Kier alpha value is 0. The zero-order valence-corrected chi connectivity index (χ0v) is 9.81.